The fourth-order valence-electron chi connectivity index (χ4n) is 6.14. The van der Waals surface area contributed by atoms with Crippen molar-refractivity contribution in [2.45, 2.75) is 83.5 Å². The number of rotatable bonds is 7. The second-order valence-electron chi connectivity index (χ2n) is 10.1. The zero-order valence-electron chi connectivity index (χ0n) is 19.0. The molecule has 0 nitrogen and oxygen atoms in total. The Labute approximate surface area is 195 Å². The Hall–Kier alpha value is -1.48. The number of hydrogen-bond acceptors (Lipinski definition) is 0. The predicted molar refractivity (Wildman–Crippen MR) is 126 cm³/mol. The average molecular weight is 463 g/mol. The van der Waals surface area contributed by atoms with E-state index in [-0.39, 0.29) is 11.1 Å². The zero-order valence-corrected chi connectivity index (χ0v) is 19.7. The Balaban J connectivity index is 1.38. The molecule has 4 heteroatoms. The molecule has 0 aliphatic heterocycles. The van der Waals surface area contributed by atoms with E-state index in [1.807, 2.05) is 6.07 Å². The monoisotopic (exact) mass is 462 g/mol. The van der Waals surface area contributed by atoms with Crippen LogP contribution in [0.5, 0.6) is 0 Å². The minimum Gasteiger partial charge on any atom is -0.206 e. The van der Waals surface area contributed by atoms with E-state index in [0.29, 0.717) is 5.92 Å². The molecule has 1 unspecified atom stereocenters. The van der Waals surface area contributed by atoms with Crippen molar-refractivity contribution >= 4 is 11.6 Å². The third-order valence-electron chi connectivity index (χ3n) is 7.95. The van der Waals surface area contributed by atoms with E-state index in [1.165, 1.54) is 57.8 Å². The second kappa shape index (κ2) is 10.6. The van der Waals surface area contributed by atoms with Gasteiger partial charge in [0.15, 0.2) is 0 Å². The fraction of sp³-hybridized carbons (Fsp3) is 0.571. The van der Waals surface area contributed by atoms with Crippen LogP contribution in [0.3, 0.4) is 0 Å². The van der Waals surface area contributed by atoms with Crippen LogP contribution in [0, 0.1) is 35.2 Å². The summed E-state index contributed by atoms with van der Waals surface area (Å²) in [6.45, 7) is 2.26. The highest BCUT2D eigenvalue weighted by Gasteiger charge is 2.36. The highest BCUT2D eigenvalue weighted by Crippen LogP contribution is 2.48. The van der Waals surface area contributed by atoms with Crippen LogP contribution in [0.2, 0.25) is 5.02 Å². The topological polar surface area (TPSA) is 0 Å². The minimum absolute atomic E-state index is 0.175. The first-order valence-corrected chi connectivity index (χ1v) is 12.8. The van der Waals surface area contributed by atoms with Crippen molar-refractivity contribution in [2.24, 2.45) is 17.8 Å². The van der Waals surface area contributed by atoms with E-state index in [9.17, 15) is 13.2 Å². The maximum Gasteiger partial charge on any atom is 0.145 e. The Morgan fingerprint density at radius 1 is 0.812 bits per heavy atom. The Bertz CT molecular complexity index is 902. The van der Waals surface area contributed by atoms with E-state index in [1.54, 1.807) is 12.1 Å². The summed E-state index contributed by atoms with van der Waals surface area (Å²) in [4.78, 5) is 0. The summed E-state index contributed by atoms with van der Waals surface area (Å²) in [6.07, 6.45) is 14.3. The molecule has 2 aliphatic rings. The third-order valence-corrected chi connectivity index (χ3v) is 8.31. The van der Waals surface area contributed by atoms with Gasteiger partial charge in [-0.2, -0.15) is 0 Å². The van der Waals surface area contributed by atoms with Gasteiger partial charge in [0.1, 0.15) is 22.5 Å². The predicted octanol–water partition coefficient (Wildman–Crippen LogP) is 9.69. The molecule has 2 aliphatic carbocycles. The third kappa shape index (κ3) is 5.35. The molecule has 2 saturated carbocycles. The van der Waals surface area contributed by atoms with E-state index >= 15 is 0 Å². The van der Waals surface area contributed by atoms with Crippen LogP contribution >= 0.6 is 11.6 Å². The van der Waals surface area contributed by atoms with Gasteiger partial charge in [0, 0.05) is 5.56 Å². The summed E-state index contributed by atoms with van der Waals surface area (Å²) >= 11 is 5.56. The average Bonchev–Trinajstić information content (AvgIpc) is 2.79. The molecule has 32 heavy (non-hydrogen) atoms. The number of benzene rings is 2. The van der Waals surface area contributed by atoms with Crippen molar-refractivity contribution in [3.8, 4) is 11.1 Å². The second-order valence-corrected chi connectivity index (χ2v) is 10.4. The first-order valence-electron chi connectivity index (χ1n) is 12.4. The molecule has 4 atom stereocenters. The molecule has 0 radical (unpaired) electrons. The van der Waals surface area contributed by atoms with Gasteiger partial charge in [-0.1, -0.05) is 69.2 Å². The largest absolute Gasteiger partial charge is 0.206 e. The van der Waals surface area contributed by atoms with Crippen LogP contribution in [0.1, 0.15) is 89.0 Å². The molecule has 2 aromatic carbocycles. The zero-order chi connectivity index (χ0) is 22.7. The quantitative estimate of drug-likeness (QED) is 0.283. The van der Waals surface area contributed by atoms with Gasteiger partial charge >= 0.3 is 0 Å². The molecule has 0 aromatic heterocycles. The first-order chi connectivity index (χ1) is 15.5. The molecule has 0 N–H and O–H groups in total. The van der Waals surface area contributed by atoms with Gasteiger partial charge < -0.3 is 0 Å². The van der Waals surface area contributed by atoms with E-state index in [2.05, 4.69) is 6.92 Å². The Kier molecular flexibility index (Phi) is 7.87. The lowest BCUT2D eigenvalue weighted by molar-refractivity contribution is 0.113. The molecule has 0 heterocycles. The molecule has 174 valence electrons. The highest BCUT2D eigenvalue weighted by atomic mass is 35.5. The van der Waals surface area contributed by atoms with Crippen molar-refractivity contribution in [1.29, 1.82) is 0 Å². The normalized spacial score (nSPS) is 25.5. The van der Waals surface area contributed by atoms with Crippen molar-refractivity contribution < 1.29 is 13.2 Å². The van der Waals surface area contributed by atoms with Gasteiger partial charge in [-0.3, -0.25) is 0 Å². The summed E-state index contributed by atoms with van der Waals surface area (Å²) in [5, 5.41) is -0.557. The van der Waals surface area contributed by atoms with Crippen molar-refractivity contribution in [2.75, 3.05) is 0 Å². The lowest BCUT2D eigenvalue weighted by Gasteiger charge is -2.42. The molecule has 2 fully saturated rings. The standard InChI is InChI=1S/C28H34ClF3/c1-2-3-4-5-6-18-7-8-20-14-21(10-9-19(20)13-18)22-11-12-24(25(30)15-22)23-16-26(31)28(29)27(32)17-23/h11-12,15-21H,2-10,13-14H2,1H3/t18?,19-,20-,21-/m1/s1. The lowest BCUT2D eigenvalue weighted by atomic mass is 9.63. The van der Waals surface area contributed by atoms with Gasteiger partial charge in [0.05, 0.1) is 0 Å². The molecular weight excluding hydrogens is 429 g/mol. The Morgan fingerprint density at radius 3 is 2.25 bits per heavy atom. The van der Waals surface area contributed by atoms with Crippen molar-refractivity contribution in [3.05, 3.63) is 58.4 Å². The first kappa shape index (κ1) is 23.7. The lowest BCUT2D eigenvalue weighted by Crippen LogP contribution is -2.30. The molecular formula is C28H34ClF3. The van der Waals surface area contributed by atoms with Gasteiger partial charge in [0.25, 0.3) is 0 Å². The number of halogens is 4. The van der Waals surface area contributed by atoms with E-state index < -0.39 is 22.5 Å². The smallest absolute Gasteiger partial charge is 0.145 e. The van der Waals surface area contributed by atoms with Crippen LogP contribution in [-0.2, 0) is 0 Å². The molecule has 0 bridgehead atoms. The molecule has 2 aromatic rings. The van der Waals surface area contributed by atoms with Gasteiger partial charge in [-0.15, -0.1) is 0 Å². The van der Waals surface area contributed by atoms with Crippen molar-refractivity contribution in [1.82, 2.24) is 0 Å². The van der Waals surface area contributed by atoms with Crippen molar-refractivity contribution in [3.63, 3.8) is 0 Å². The maximum absolute atomic E-state index is 14.9. The summed E-state index contributed by atoms with van der Waals surface area (Å²) in [6, 6.07) is 7.36. The summed E-state index contributed by atoms with van der Waals surface area (Å²) in [5.74, 6) is 0.694. The fourth-order valence-corrected chi connectivity index (χ4v) is 6.25. The SMILES string of the molecule is CCCCCCC1CC[C@@H]2C[C@H](c3ccc(-c4cc(F)c(Cl)c(F)c4)c(F)c3)CC[C@@H]2C1. The molecule has 4 rings (SSSR count). The van der Waals surface area contributed by atoms with E-state index in [0.717, 1.165) is 48.3 Å². The highest BCUT2D eigenvalue weighted by molar-refractivity contribution is 6.31. The summed E-state index contributed by atoms with van der Waals surface area (Å²) in [7, 11) is 0. The Morgan fingerprint density at radius 2 is 1.53 bits per heavy atom. The van der Waals surface area contributed by atoms with Crippen LogP contribution < -0.4 is 0 Å². The van der Waals surface area contributed by atoms with Crippen LogP contribution in [0.25, 0.3) is 11.1 Å². The van der Waals surface area contributed by atoms with Crippen LogP contribution in [0.15, 0.2) is 30.3 Å². The van der Waals surface area contributed by atoms with Gasteiger partial charge in [-0.25, -0.2) is 13.2 Å². The van der Waals surface area contributed by atoms with Gasteiger partial charge in [0.2, 0.25) is 0 Å². The van der Waals surface area contributed by atoms with Gasteiger partial charge in [-0.05, 0) is 85.1 Å². The molecule has 0 amide bonds. The van der Waals surface area contributed by atoms with Crippen LogP contribution in [0.4, 0.5) is 13.2 Å². The number of fused-ring (bicyclic) bond motifs is 1. The summed E-state index contributed by atoms with van der Waals surface area (Å²) < 4.78 is 42.6. The summed E-state index contributed by atoms with van der Waals surface area (Å²) in [5.41, 5.74) is 1.40. The number of unbranched alkanes of at least 4 members (excludes halogenated alkanes) is 3. The molecule has 0 spiro atoms. The maximum atomic E-state index is 14.9. The molecule has 0 saturated heterocycles. The minimum atomic E-state index is -0.871. The van der Waals surface area contributed by atoms with E-state index in [4.69, 9.17) is 11.6 Å². The van der Waals surface area contributed by atoms with Crippen LogP contribution in [-0.4, -0.2) is 0 Å². The number of hydrogen-bond donors (Lipinski definition) is 0.